The number of nitrogens with one attached hydrogen (secondary N) is 1. The normalized spacial score (nSPS) is 19.0. The summed E-state index contributed by atoms with van der Waals surface area (Å²) >= 11 is 0. The second-order valence-corrected chi connectivity index (χ2v) is 6.91. The number of hydrogen-bond donors (Lipinski definition) is 1. The molecular weight excluding hydrogens is 317 g/mol. The molecule has 134 valence electrons. The molecule has 2 aromatic rings. The fourth-order valence-corrected chi connectivity index (χ4v) is 3.18. The number of ether oxygens (including phenoxy) is 2. The summed E-state index contributed by atoms with van der Waals surface area (Å²) in [6, 6.07) is 14.9. The van der Waals surface area contributed by atoms with E-state index in [1.165, 1.54) is 6.07 Å². The highest BCUT2D eigenvalue weighted by Gasteiger charge is 2.28. The number of hydrogen-bond acceptors (Lipinski definition) is 3. The molecule has 1 saturated heterocycles. The fraction of sp³-hybridized carbons (Fsp3) is 0.429. The highest BCUT2D eigenvalue weighted by atomic mass is 19.1. The van der Waals surface area contributed by atoms with Gasteiger partial charge in [0.1, 0.15) is 17.7 Å². The highest BCUT2D eigenvalue weighted by molar-refractivity contribution is 5.35. The van der Waals surface area contributed by atoms with Crippen molar-refractivity contribution in [2.45, 2.75) is 32.5 Å². The van der Waals surface area contributed by atoms with Gasteiger partial charge in [0, 0.05) is 13.1 Å². The summed E-state index contributed by atoms with van der Waals surface area (Å²) in [5, 5.41) is 3.36. The van der Waals surface area contributed by atoms with E-state index in [1.54, 1.807) is 12.1 Å². The van der Waals surface area contributed by atoms with Gasteiger partial charge in [-0.15, -0.1) is 0 Å². The third kappa shape index (κ3) is 4.80. The van der Waals surface area contributed by atoms with Crippen LogP contribution in [0.15, 0.2) is 48.5 Å². The molecule has 2 atom stereocenters. The molecule has 0 saturated carbocycles. The maximum Gasteiger partial charge on any atom is 0.151 e. The van der Waals surface area contributed by atoms with Crippen LogP contribution in [0.5, 0.6) is 5.75 Å². The lowest BCUT2D eigenvalue weighted by molar-refractivity contribution is -0.0435. The molecule has 3 nitrogen and oxygen atoms in total. The predicted molar refractivity (Wildman–Crippen MR) is 97.4 cm³/mol. The van der Waals surface area contributed by atoms with Gasteiger partial charge in [0.05, 0.1) is 6.61 Å². The molecule has 0 aliphatic carbocycles. The van der Waals surface area contributed by atoms with Gasteiger partial charge in [-0.3, -0.25) is 0 Å². The number of benzene rings is 2. The van der Waals surface area contributed by atoms with Crippen molar-refractivity contribution in [3.63, 3.8) is 0 Å². The van der Waals surface area contributed by atoms with Crippen molar-refractivity contribution in [3.05, 3.63) is 65.5 Å². The summed E-state index contributed by atoms with van der Waals surface area (Å²) in [5.41, 5.74) is 1.97. The molecule has 1 aliphatic heterocycles. The number of halogens is 1. The number of rotatable bonds is 6. The van der Waals surface area contributed by atoms with Crippen molar-refractivity contribution in [2.75, 3.05) is 19.7 Å². The van der Waals surface area contributed by atoms with Crippen molar-refractivity contribution in [1.82, 2.24) is 5.32 Å². The average molecular weight is 343 g/mol. The first-order chi connectivity index (χ1) is 12.1. The topological polar surface area (TPSA) is 30.5 Å². The first-order valence-electron chi connectivity index (χ1n) is 8.96. The summed E-state index contributed by atoms with van der Waals surface area (Å²) in [6.45, 7) is 6.50. The van der Waals surface area contributed by atoms with Crippen LogP contribution in [-0.2, 0) is 11.2 Å². The molecule has 1 unspecified atom stereocenters. The van der Waals surface area contributed by atoms with Gasteiger partial charge >= 0.3 is 0 Å². The molecule has 2 aromatic carbocycles. The van der Waals surface area contributed by atoms with E-state index in [9.17, 15) is 4.39 Å². The van der Waals surface area contributed by atoms with E-state index in [0.717, 1.165) is 36.4 Å². The van der Waals surface area contributed by atoms with Gasteiger partial charge in [0.15, 0.2) is 6.10 Å². The molecule has 1 fully saturated rings. The second-order valence-electron chi connectivity index (χ2n) is 6.91. The first kappa shape index (κ1) is 17.9. The first-order valence-corrected chi connectivity index (χ1v) is 8.96. The van der Waals surface area contributed by atoms with E-state index >= 15 is 0 Å². The summed E-state index contributed by atoms with van der Waals surface area (Å²) in [5.74, 6) is 0.930. The van der Waals surface area contributed by atoms with Crippen LogP contribution in [0.25, 0.3) is 0 Å². The largest absolute Gasteiger partial charge is 0.483 e. The molecule has 1 aliphatic rings. The lowest BCUT2D eigenvalue weighted by Gasteiger charge is -2.32. The minimum absolute atomic E-state index is 0.0758. The van der Waals surface area contributed by atoms with E-state index in [-0.39, 0.29) is 18.0 Å². The molecule has 1 heterocycles. The second kappa shape index (κ2) is 8.45. The van der Waals surface area contributed by atoms with Crippen molar-refractivity contribution < 1.29 is 13.9 Å². The van der Waals surface area contributed by atoms with Crippen LogP contribution in [0.4, 0.5) is 4.39 Å². The van der Waals surface area contributed by atoms with Crippen LogP contribution in [-0.4, -0.2) is 25.8 Å². The molecule has 0 bridgehead atoms. The van der Waals surface area contributed by atoms with Crippen molar-refractivity contribution in [3.8, 4) is 5.75 Å². The zero-order chi connectivity index (χ0) is 17.6. The maximum atomic E-state index is 13.7. The Hall–Kier alpha value is -1.91. The van der Waals surface area contributed by atoms with Gasteiger partial charge < -0.3 is 14.8 Å². The van der Waals surface area contributed by atoms with Crippen LogP contribution in [0.1, 0.15) is 31.1 Å². The van der Waals surface area contributed by atoms with E-state index in [1.807, 2.05) is 30.3 Å². The van der Waals surface area contributed by atoms with Crippen LogP contribution in [0.2, 0.25) is 0 Å². The number of morpholine rings is 1. The lowest BCUT2D eigenvalue weighted by Crippen LogP contribution is -2.43. The summed E-state index contributed by atoms with van der Waals surface area (Å²) in [4.78, 5) is 0. The monoisotopic (exact) mass is 343 g/mol. The molecule has 0 radical (unpaired) electrons. The minimum atomic E-state index is -0.231. The van der Waals surface area contributed by atoms with E-state index in [2.05, 4.69) is 19.2 Å². The molecule has 3 rings (SSSR count). The molecule has 0 aromatic heterocycles. The van der Waals surface area contributed by atoms with Crippen molar-refractivity contribution in [1.29, 1.82) is 0 Å². The van der Waals surface area contributed by atoms with Crippen LogP contribution < -0.4 is 10.1 Å². The maximum absolute atomic E-state index is 13.7. The Balaban J connectivity index is 1.90. The Labute approximate surface area is 149 Å². The predicted octanol–water partition coefficient (Wildman–Crippen LogP) is 4.13. The molecule has 4 heteroatoms. The summed E-state index contributed by atoms with van der Waals surface area (Å²) < 4.78 is 26.1. The van der Waals surface area contributed by atoms with Gasteiger partial charge in [-0.05, 0) is 41.7 Å². The van der Waals surface area contributed by atoms with Crippen molar-refractivity contribution >= 4 is 0 Å². The lowest BCUT2D eigenvalue weighted by atomic mass is 10.0. The Morgan fingerprint density at radius 2 is 2.00 bits per heavy atom. The quantitative estimate of drug-likeness (QED) is 0.855. The van der Waals surface area contributed by atoms with Crippen molar-refractivity contribution in [2.24, 2.45) is 5.92 Å². The molecule has 25 heavy (non-hydrogen) atoms. The molecule has 1 N–H and O–H groups in total. The smallest absolute Gasteiger partial charge is 0.151 e. The summed E-state index contributed by atoms with van der Waals surface area (Å²) in [6.07, 6.45) is 0.469. The minimum Gasteiger partial charge on any atom is -0.483 e. The standard InChI is InChI=1S/C21H26FNO2/c1-15(2)12-17-13-18(22)8-9-19(17)25-21(16-6-4-3-5-7-16)20-14-23-10-11-24-20/h3-9,13,15,20-21,23H,10-12,14H2,1-2H3/t20?,21-/m0/s1. The fourth-order valence-electron chi connectivity index (χ4n) is 3.18. The molecular formula is C21H26FNO2. The highest BCUT2D eigenvalue weighted by Crippen LogP contribution is 2.31. The van der Waals surface area contributed by atoms with E-state index in [4.69, 9.17) is 9.47 Å². The Bertz CT molecular complexity index is 669. The van der Waals surface area contributed by atoms with Gasteiger partial charge in [-0.1, -0.05) is 44.2 Å². The summed E-state index contributed by atoms with van der Waals surface area (Å²) in [7, 11) is 0. The zero-order valence-corrected chi connectivity index (χ0v) is 14.9. The van der Waals surface area contributed by atoms with Gasteiger partial charge in [0.2, 0.25) is 0 Å². The Morgan fingerprint density at radius 3 is 2.68 bits per heavy atom. The van der Waals surface area contributed by atoms with Gasteiger partial charge in [0.25, 0.3) is 0 Å². The van der Waals surface area contributed by atoms with Crippen LogP contribution in [0, 0.1) is 11.7 Å². The van der Waals surface area contributed by atoms with Crippen LogP contribution in [0.3, 0.4) is 0 Å². The molecule has 0 spiro atoms. The third-order valence-electron chi connectivity index (χ3n) is 4.33. The SMILES string of the molecule is CC(C)Cc1cc(F)ccc1O[C@@H](c1ccccc1)C1CNCCO1. The van der Waals surface area contributed by atoms with E-state index < -0.39 is 0 Å². The van der Waals surface area contributed by atoms with Crippen LogP contribution >= 0.6 is 0 Å². The Morgan fingerprint density at radius 1 is 1.20 bits per heavy atom. The Kier molecular flexibility index (Phi) is 6.05. The van der Waals surface area contributed by atoms with Gasteiger partial charge in [-0.25, -0.2) is 4.39 Å². The average Bonchev–Trinajstić information content (AvgIpc) is 2.62. The van der Waals surface area contributed by atoms with E-state index in [0.29, 0.717) is 12.5 Å². The zero-order valence-electron chi connectivity index (χ0n) is 14.9. The third-order valence-corrected chi connectivity index (χ3v) is 4.33. The van der Waals surface area contributed by atoms with Gasteiger partial charge in [-0.2, -0.15) is 0 Å². The molecule has 0 amide bonds.